The van der Waals surface area contributed by atoms with Crippen molar-refractivity contribution in [2.24, 2.45) is 5.92 Å². The highest BCUT2D eigenvalue weighted by atomic mass is 14.9. The molecule has 0 spiro atoms. The molecule has 0 aromatic heterocycles. The maximum absolute atomic E-state index is 3.45. The van der Waals surface area contributed by atoms with Crippen molar-refractivity contribution < 1.29 is 0 Å². The second-order valence-corrected chi connectivity index (χ2v) is 5.35. The number of benzene rings is 1. The molecule has 1 nitrogen and oxygen atoms in total. The lowest BCUT2D eigenvalue weighted by molar-refractivity contribution is 0.649. The lowest BCUT2D eigenvalue weighted by atomic mass is 10.0. The van der Waals surface area contributed by atoms with Gasteiger partial charge in [0.05, 0.1) is 0 Å². The molecule has 0 amide bonds. The molecule has 2 aliphatic rings. The lowest BCUT2D eigenvalue weighted by Crippen LogP contribution is -2.16. The zero-order valence-corrected chi connectivity index (χ0v) is 10.1. The highest BCUT2D eigenvalue weighted by Crippen LogP contribution is 2.47. The van der Waals surface area contributed by atoms with E-state index in [1.54, 1.807) is 11.1 Å². The molecule has 1 N–H and O–H groups in total. The summed E-state index contributed by atoms with van der Waals surface area (Å²) in [6.45, 7) is 4.48. The van der Waals surface area contributed by atoms with Gasteiger partial charge in [0.2, 0.25) is 0 Å². The van der Waals surface area contributed by atoms with Crippen LogP contribution in [0.1, 0.15) is 49.1 Å². The Hall–Kier alpha value is -0.820. The van der Waals surface area contributed by atoms with Gasteiger partial charge in [-0.1, -0.05) is 31.2 Å². The molecule has 1 aromatic rings. The van der Waals surface area contributed by atoms with E-state index in [4.69, 9.17) is 0 Å². The standard InChI is InChI=1S/C15H21N/c1-2-16-10-14-9-15(14)13-7-5-12(6-8-13)11-3-4-11/h5-8,11,14-16H,2-4,9-10H2,1H3. The van der Waals surface area contributed by atoms with Crippen molar-refractivity contribution in [2.75, 3.05) is 13.1 Å². The summed E-state index contributed by atoms with van der Waals surface area (Å²) in [7, 11) is 0. The van der Waals surface area contributed by atoms with Gasteiger partial charge in [0.1, 0.15) is 0 Å². The van der Waals surface area contributed by atoms with Crippen molar-refractivity contribution in [1.82, 2.24) is 5.32 Å². The van der Waals surface area contributed by atoms with Crippen LogP contribution in [0.2, 0.25) is 0 Å². The first-order valence-electron chi connectivity index (χ1n) is 6.69. The van der Waals surface area contributed by atoms with Gasteiger partial charge in [-0.25, -0.2) is 0 Å². The van der Waals surface area contributed by atoms with Crippen LogP contribution in [0, 0.1) is 5.92 Å². The summed E-state index contributed by atoms with van der Waals surface area (Å²) in [6, 6.07) is 9.44. The Balaban J connectivity index is 1.59. The van der Waals surface area contributed by atoms with Crippen LogP contribution >= 0.6 is 0 Å². The van der Waals surface area contributed by atoms with E-state index >= 15 is 0 Å². The Morgan fingerprint density at radius 3 is 2.44 bits per heavy atom. The monoisotopic (exact) mass is 215 g/mol. The van der Waals surface area contributed by atoms with Crippen molar-refractivity contribution in [3.63, 3.8) is 0 Å². The van der Waals surface area contributed by atoms with Gasteiger partial charge in [-0.2, -0.15) is 0 Å². The van der Waals surface area contributed by atoms with E-state index in [1.165, 1.54) is 25.8 Å². The maximum Gasteiger partial charge on any atom is -0.00146 e. The first-order chi connectivity index (χ1) is 7.88. The molecule has 2 saturated carbocycles. The second-order valence-electron chi connectivity index (χ2n) is 5.35. The average Bonchev–Trinajstić information content (AvgIpc) is 3.19. The van der Waals surface area contributed by atoms with Gasteiger partial charge in [0.15, 0.2) is 0 Å². The third-order valence-corrected chi connectivity index (χ3v) is 3.99. The lowest BCUT2D eigenvalue weighted by Gasteiger charge is -2.03. The summed E-state index contributed by atoms with van der Waals surface area (Å²) in [4.78, 5) is 0. The van der Waals surface area contributed by atoms with E-state index in [2.05, 4.69) is 36.5 Å². The van der Waals surface area contributed by atoms with Gasteiger partial charge in [-0.05, 0) is 61.2 Å². The summed E-state index contributed by atoms with van der Waals surface area (Å²) in [6.07, 6.45) is 4.20. The average molecular weight is 215 g/mol. The molecule has 0 aliphatic heterocycles. The molecule has 86 valence electrons. The first-order valence-corrected chi connectivity index (χ1v) is 6.69. The third kappa shape index (κ3) is 2.15. The normalized spacial score (nSPS) is 28.1. The molecular formula is C15H21N. The Morgan fingerprint density at radius 1 is 1.12 bits per heavy atom. The van der Waals surface area contributed by atoms with Crippen molar-refractivity contribution in [1.29, 1.82) is 0 Å². The zero-order valence-electron chi connectivity index (χ0n) is 10.1. The predicted molar refractivity (Wildman–Crippen MR) is 67.8 cm³/mol. The summed E-state index contributed by atoms with van der Waals surface area (Å²) < 4.78 is 0. The molecule has 2 unspecified atom stereocenters. The highest BCUT2D eigenvalue weighted by molar-refractivity contribution is 5.32. The summed E-state index contributed by atoms with van der Waals surface area (Å²) in [5.74, 6) is 2.63. The van der Waals surface area contributed by atoms with Gasteiger partial charge in [0, 0.05) is 0 Å². The molecule has 0 saturated heterocycles. The molecule has 2 atom stereocenters. The zero-order chi connectivity index (χ0) is 11.0. The van der Waals surface area contributed by atoms with Crippen LogP contribution in [0.25, 0.3) is 0 Å². The van der Waals surface area contributed by atoms with Crippen LogP contribution in [-0.2, 0) is 0 Å². The number of nitrogens with one attached hydrogen (secondary N) is 1. The van der Waals surface area contributed by atoms with Gasteiger partial charge >= 0.3 is 0 Å². The topological polar surface area (TPSA) is 12.0 Å². The smallest absolute Gasteiger partial charge is 0.00146 e. The SMILES string of the molecule is CCNCC1CC1c1ccc(C2CC2)cc1. The Bertz CT molecular complexity index is 350. The fourth-order valence-electron chi connectivity index (χ4n) is 2.64. The molecule has 2 aliphatic carbocycles. The van der Waals surface area contributed by atoms with Gasteiger partial charge in [-0.3, -0.25) is 0 Å². The third-order valence-electron chi connectivity index (χ3n) is 3.99. The summed E-state index contributed by atoms with van der Waals surface area (Å²) in [5.41, 5.74) is 3.12. The fourth-order valence-corrected chi connectivity index (χ4v) is 2.64. The quantitative estimate of drug-likeness (QED) is 0.795. The van der Waals surface area contributed by atoms with Crippen LogP contribution in [0.5, 0.6) is 0 Å². The van der Waals surface area contributed by atoms with Crippen molar-refractivity contribution in [2.45, 2.75) is 38.0 Å². The Kier molecular flexibility index (Phi) is 2.72. The van der Waals surface area contributed by atoms with E-state index < -0.39 is 0 Å². The first kappa shape index (κ1) is 10.3. The Morgan fingerprint density at radius 2 is 1.81 bits per heavy atom. The van der Waals surface area contributed by atoms with Crippen LogP contribution in [-0.4, -0.2) is 13.1 Å². The maximum atomic E-state index is 3.45. The van der Waals surface area contributed by atoms with E-state index in [9.17, 15) is 0 Å². The second kappa shape index (κ2) is 4.21. The van der Waals surface area contributed by atoms with Crippen molar-refractivity contribution >= 4 is 0 Å². The number of rotatable bonds is 5. The predicted octanol–water partition coefficient (Wildman–Crippen LogP) is 3.28. The van der Waals surface area contributed by atoms with E-state index in [1.807, 2.05) is 0 Å². The fraction of sp³-hybridized carbons (Fsp3) is 0.600. The van der Waals surface area contributed by atoms with Crippen LogP contribution in [0.4, 0.5) is 0 Å². The van der Waals surface area contributed by atoms with Gasteiger partial charge in [-0.15, -0.1) is 0 Å². The van der Waals surface area contributed by atoms with Crippen molar-refractivity contribution in [3.05, 3.63) is 35.4 Å². The van der Waals surface area contributed by atoms with E-state index in [-0.39, 0.29) is 0 Å². The molecule has 0 bridgehead atoms. The molecule has 16 heavy (non-hydrogen) atoms. The molecule has 3 rings (SSSR count). The van der Waals surface area contributed by atoms with Gasteiger partial charge in [0.25, 0.3) is 0 Å². The van der Waals surface area contributed by atoms with Crippen LogP contribution in [0.3, 0.4) is 0 Å². The molecule has 1 heteroatoms. The van der Waals surface area contributed by atoms with Crippen LogP contribution in [0.15, 0.2) is 24.3 Å². The minimum absolute atomic E-state index is 0.840. The highest BCUT2D eigenvalue weighted by Gasteiger charge is 2.37. The number of hydrogen-bond donors (Lipinski definition) is 1. The minimum Gasteiger partial charge on any atom is -0.317 e. The molecular weight excluding hydrogens is 194 g/mol. The summed E-state index contributed by atoms with van der Waals surface area (Å²) >= 11 is 0. The molecule has 1 aromatic carbocycles. The molecule has 0 radical (unpaired) electrons. The summed E-state index contributed by atoms with van der Waals surface area (Å²) in [5, 5.41) is 3.45. The Labute approximate surface area is 98.3 Å². The molecule has 2 fully saturated rings. The molecule has 0 heterocycles. The number of hydrogen-bond acceptors (Lipinski definition) is 1. The van der Waals surface area contributed by atoms with Gasteiger partial charge < -0.3 is 5.32 Å². The van der Waals surface area contributed by atoms with Crippen molar-refractivity contribution in [3.8, 4) is 0 Å². The van der Waals surface area contributed by atoms with Crippen LogP contribution < -0.4 is 5.32 Å². The van der Waals surface area contributed by atoms with E-state index in [0.717, 1.165) is 24.3 Å². The largest absolute Gasteiger partial charge is 0.317 e. The van der Waals surface area contributed by atoms with E-state index in [0.29, 0.717) is 0 Å². The minimum atomic E-state index is 0.840.